The molecule has 4 nitrogen and oxygen atoms in total. The van der Waals surface area contributed by atoms with E-state index in [0.29, 0.717) is 18.8 Å². The number of rotatable bonds is 2. The minimum absolute atomic E-state index is 0.111. The first kappa shape index (κ1) is 16.7. The van der Waals surface area contributed by atoms with Crippen LogP contribution in [-0.4, -0.2) is 44.5 Å². The van der Waals surface area contributed by atoms with Crippen LogP contribution < -0.4 is 15.7 Å². The van der Waals surface area contributed by atoms with Crippen LogP contribution in [0, 0.1) is 11.6 Å². The molecule has 2 saturated heterocycles. The van der Waals surface area contributed by atoms with Gasteiger partial charge in [0, 0.05) is 31.6 Å². The van der Waals surface area contributed by atoms with Crippen molar-refractivity contribution in [2.45, 2.75) is 38.9 Å². The summed E-state index contributed by atoms with van der Waals surface area (Å²) in [6, 6.07) is 3.18. The summed E-state index contributed by atoms with van der Waals surface area (Å²) in [6.45, 7) is 10.4. The Morgan fingerprint density at radius 2 is 1.57 bits per heavy atom. The third kappa shape index (κ3) is 2.86. The lowest BCUT2D eigenvalue weighted by Gasteiger charge is -2.32. The van der Waals surface area contributed by atoms with Gasteiger partial charge in [-0.25, -0.2) is 8.78 Å². The molecule has 2 heterocycles. The molecule has 0 bridgehead atoms. The van der Waals surface area contributed by atoms with Crippen molar-refractivity contribution in [1.82, 2.24) is 5.32 Å². The van der Waals surface area contributed by atoms with E-state index in [0.717, 1.165) is 13.1 Å². The van der Waals surface area contributed by atoms with Gasteiger partial charge in [0.25, 0.3) is 0 Å². The van der Waals surface area contributed by atoms with E-state index in [9.17, 15) is 8.78 Å². The van der Waals surface area contributed by atoms with E-state index in [4.69, 9.17) is 9.31 Å². The molecule has 0 unspecified atom stereocenters. The molecule has 0 saturated carbocycles. The largest absolute Gasteiger partial charge is 0.497 e. The van der Waals surface area contributed by atoms with Crippen LogP contribution in [0.1, 0.15) is 27.7 Å². The molecule has 0 amide bonds. The van der Waals surface area contributed by atoms with Gasteiger partial charge in [-0.15, -0.1) is 0 Å². The number of hydrogen-bond acceptors (Lipinski definition) is 4. The highest BCUT2D eigenvalue weighted by molar-refractivity contribution is 6.62. The number of halogens is 2. The number of nitrogens with zero attached hydrogens (tertiary/aromatic N) is 1. The maximum absolute atomic E-state index is 14.6. The summed E-state index contributed by atoms with van der Waals surface area (Å²) in [5.74, 6) is -1.72. The molecule has 7 heteroatoms. The van der Waals surface area contributed by atoms with Gasteiger partial charge in [0.1, 0.15) is 0 Å². The van der Waals surface area contributed by atoms with Gasteiger partial charge in [0.15, 0.2) is 11.6 Å². The van der Waals surface area contributed by atoms with E-state index in [1.165, 1.54) is 0 Å². The lowest BCUT2D eigenvalue weighted by Crippen LogP contribution is -2.44. The first-order chi connectivity index (χ1) is 10.7. The van der Waals surface area contributed by atoms with Crippen LogP contribution in [-0.2, 0) is 9.31 Å². The summed E-state index contributed by atoms with van der Waals surface area (Å²) in [7, 11) is -0.897. The molecule has 0 spiro atoms. The minimum atomic E-state index is -0.897. The van der Waals surface area contributed by atoms with Crippen LogP contribution in [0.5, 0.6) is 0 Å². The van der Waals surface area contributed by atoms with Crippen LogP contribution in [0.2, 0.25) is 0 Å². The van der Waals surface area contributed by atoms with E-state index in [2.05, 4.69) is 5.32 Å². The lowest BCUT2D eigenvalue weighted by molar-refractivity contribution is 0.00578. The fourth-order valence-corrected chi connectivity index (χ4v) is 2.86. The molecule has 2 aliphatic heterocycles. The molecule has 2 aliphatic rings. The molecule has 0 atom stereocenters. The number of piperazine rings is 1. The zero-order valence-electron chi connectivity index (χ0n) is 14.1. The predicted molar refractivity (Wildman–Crippen MR) is 87.2 cm³/mol. The van der Waals surface area contributed by atoms with E-state index in [1.807, 2.05) is 32.6 Å². The molecule has 2 fully saturated rings. The van der Waals surface area contributed by atoms with Crippen LogP contribution in [0.15, 0.2) is 12.1 Å². The number of hydrogen-bond donors (Lipinski definition) is 1. The Kier molecular flexibility index (Phi) is 4.15. The second-order valence-corrected chi connectivity index (χ2v) is 7.13. The highest BCUT2D eigenvalue weighted by Gasteiger charge is 2.52. The molecule has 1 N–H and O–H groups in total. The van der Waals surface area contributed by atoms with Gasteiger partial charge in [0.2, 0.25) is 0 Å². The lowest BCUT2D eigenvalue weighted by atomic mass is 9.78. The van der Waals surface area contributed by atoms with Crippen molar-refractivity contribution in [3.8, 4) is 0 Å². The highest BCUT2D eigenvalue weighted by Crippen LogP contribution is 2.37. The van der Waals surface area contributed by atoms with Crippen LogP contribution >= 0.6 is 0 Å². The minimum Gasteiger partial charge on any atom is -0.399 e. The summed E-state index contributed by atoms with van der Waals surface area (Å²) in [6.07, 6.45) is 0. The maximum Gasteiger partial charge on any atom is 0.497 e. The van der Waals surface area contributed by atoms with Crippen LogP contribution in [0.4, 0.5) is 14.5 Å². The van der Waals surface area contributed by atoms with Crippen molar-refractivity contribution in [3.63, 3.8) is 0 Å². The smallest absolute Gasteiger partial charge is 0.399 e. The third-order valence-electron chi connectivity index (χ3n) is 5.06. The molecule has 23 heavy (non-hydrogen) atoms. The molecule has 126 valence electrons. The van der Waals surface area contributed by atoms with Gasteiger partial charge < -0.3 is 19.5 Å². The normalized spacial score (nSPS) is 23.4. The van der Waals surface area contributed by atoms with E-state index in [1.54, 1.807) is 12.1 Å². The van der Waals surface area contributed by atoms with Crippen LogP contribution in [0.25, 0.3) is 0 Å². The summed E-state index contributed by atoms with van der Waals surface area (Å²) < 4.78 is 40.8. The number of benzene rings is 1. The van der Waals surface area contributed by atoms with Crippen molar-refractivity contribution in [3.05, 3.63) is 23.8 Å². The van der Waals surface area contributed by atoms with Gasteiger partial charge in [0.05, 0.1) is 16.9 Å². The van der Waals surface area contributed by atoms with Crippen molar-refractivity contribution < 1.29 is 18.1 Å². The summed E-state index contributed by atoms with van der Waals surface area (Å²) in [4.78, 5) is 1.85. The molecular formula is C16H23BF2N2O2. The fraction of sp³-hybridized carbons (Fsp3) is 0.625. The topological polar surface area (TPSA) is 33.7 Å². The van der Waals surface area contributed by atoms with Crippen molar-refractivity contribution in [1.29, 1.82) is 0 Å². The average molecular weight is 324 g/mol. The van der Waals surface area contributed by atoms with E-state index < -0.39 is 30.0 Å². The summed E-state index contributed by atoms with van der Waals surface area (Å²) in [5, 5.41) is 3.19. The Morgan fingerprint density at radius 1 is 1.00 bits per heavy atom. The zero-order chi connectivity index (χ0) is 16.8. The number of nitrogens with one attached hydrogen (secondary N) is 1. The fourth-order valence-electron chi connectivity index (χ4n) is 2.86. The molecule has 1 aromatic carbocycles. The standard InChI is InChI=1S/C16H23BF2N2O2/c1-15(2)16(3,4)23-17(22-15)11-5-6-12(14(19)13(11)18)21-9-7-20-8-10-21/h5-6,20H,7-10H2,1-4H3. The predicted octanol–water partition coefficient (Wildman–Crippen LogP) is 1.67. The van der Waals surface area contributed by atoms with Gasteiger partial charge in [-0.3, -0.25) is 0 Å². The molecule has 1 aromatic rings. The Labute approximate surface area is 136 Å². The van der Waals surface area contributed by atoms with Crippen molar-refractivity contribution in [2.75, 3.05) is 31.1 Å². The van der Waals surface area contributed by atoms with Gasteiger partial charge in [-0.1, -0.05) is 6.07 Å². The quantitative estimate of drug-likeness (QED) is 0.839. The van der Waals surface area contributed by atoms with Gasteiger partial charge in [-0.05, 0) is 33.8 Å². The Hall–Kier alpha value is -1.18. The maximum atomic E-state index is 14.6. The Bertz CT molecular complexity index is 588. The molecular weight excluding hydrogens is 301 g/mol. The average Bonchev–Trinajstić information content (AvgIpc) is 2.71. The second-order valence-electron chi connectivity index (χ2n) is 7.13. The van der Waals surface area contributed by atoms with Crippen LogP contribution in [0.3, 0.4) is 0 Å². The Balaban J connectivity index is 1.89. The first-order valence-electron chi connectivity index (χ1n) is 8.02. The van der Waals surface area contributed by atoms with E-state index in [-0.39, 0.29) is 5.46 Å². The molecule has 0 aromatic heterocycles. The summed E-state index contributed by atoms with van der Waals surface area (Å²) >= 11 is 0. The zero-order valence-corrected chi connectivity index (χ0v) is 14.1. The molecule has 0 radical (unpaired) electrons. The second kappa shape index (κ2) is 5.72. The number of anilines is 1. The summed E-state index contributed by atoms with van der Waals surface area (Å²) in [5.41, 5.74) is -0.764. The third-order valence-corrected chi connectivity index (χ3v) is 5.06. The monoisotopic (exact) mass is 324 g/mol. The molecule has 0 aliphatic carbocycles. The van der Waals surface area contributed by atoms with Crippen molar-refractivity contribution in [2.24, 2.45) is 0 Å². The van der Waals surface area contributed by atoms with Gasteiger partial charge in [-0.2, -0.15) is 0 Å². The Morgan fingerprint density at radius 3 is 2.13 bits per heavy atom. The molecule has 3 rings (SSSR count). The SMILES string of the molecule is CC1(C)OB(c2ccc(N3CCNCC3)c(F)c2F)OC1(C)C. The first-order valence-corrected chi connectivity index (χ1v) is 8.02. The van der Waals surface area contributed by atoms with Gasteiger partial charge >= 0.3 is 7.12 Å². The van der Waals surface area contributed by atoms with Crippen molar-refractivity contribution >= 4 is 18.3 Å². The van der Waals surface area contributed by atoms with E-state index >= 15 is 0 Å². The highest BCUT2D eigenvalue weighted by atomic mass is 19.2.